The molecule has 26 heavy (non-hydrogen) atoms. The van der Waals surface area contributed by atoms with Gasteiger partial charge in [0.2, 0.25) is 0 Å². The van der Waals surface area contributed by atoms with Crippen LogP contribution in [0.25, 0.3) is 0 Å². The Morgan fingerprint density at radius 1 is 1.12 bits per heavy atom. The highest BCUT2D eigenvalue weighted by atomic mass is 19.3. The van der Waals surface area contributed by atoms with Crippen molar-refractivity contribution in [2.24, 2.45) is 0 Å². The van der Waals surface area contributed by atoms with Crippen molar-refractivity contribution in [2.75, 3.05) is 5.32 Å². The molecular formula is C18H16F3NO4. The van der Waals surface area contributed by atoms with Gasteiger partial charge in [-0.15, -0.1) is 0 Å². The van der Waals surface area contributed by atoms with Gasteiger partial charge in [-0.05, 0) is 43.7 Å². The van der Waals surface area contributed by atoms with Gasteiger partial charge in [0.1, 0.15) is 17.1 Å². The third-order valence-corrected chi connectivity index (χ3v) is 3.42. The van der Waals surface area contributed by atoms with Crippen LogP contribution in [-0.4, -0.2) is 24.6 Å². The fourth-order valence-electron chi connectivity index (χ4n) is 2.03. The number of hydrogen-bond acceptors (Lipinski definition) is 4. The van der Waals surface area contributed by atoms with Crippen LogP contribution in [0.4, 0.5) is 18.9 Å². The molecule has 2 aromatic rings. The van der Waals surface area contributed by atoms with Crippen LogP contribution >= 0.6 is 0 Å². The van der Waals surface area contributed by atoms with Crippen molar-refractivity contribution in [1.29, 1.82) is 0 Å². The average molecular weight is 367 g/mol. The molecule has 0 fully saturated rings. The molecule has 2 aromatic carbocycles. The average Bonchev–Trinajstić information content (AvgIpc) is 2.58. The van der Waals surface area contributed by atoms with E-state index in [1.807, 2.05) is 0 Å². The molecular weight excluding hydrogens is 351 g/mol. The summed E-state index contributed by atoms with van der Waals surface area (Å²) in [5.41, 5.74) is 0.370. The van der Waals surface area contributed by atoms with E-state index in [0.29, 0.717) is 5.56 Å². The van der Waals surface area contributed by atoms with E-state index < -0.39 is 30.4 Å². The van der Waals surface area contributed by atoms with Crippen LogP contribution in [-0.2, 0) is 9.53 Å². The van der Waals surface area contributed by atoms with Crippen LogP contribution in [0.3, 0.4) is 0 Å². The molecule has 2 rings (SSSR count). The van der Waals surface area contributed by atoms with Gasteiger partial charge in [0, 0.05) is 5.69 Å². The highest BCUT2D eigenvalue weighted by Gasteiger charge is 2.22. The topological polar surface area (TPSA) is 64.6 Å². The van der Waals surface area contributed by atoms with E-state index >= 15 is 0 Å². The summed E-state index contributed by atoms with van der Waals surface area (Å²) in [6, 6.07) is 9.39. The highest BCUT2D eigenvalue weighted by Crippen LogP contribution is 2.22. The van der Waals surface area contributed by atoms with Gasteiger partial charge in [0.25, 0.3) is 5.91 Å². The van der Waals surface area contributed by atoms with Crippen LogP contribution in [0.1, 0.15) is 22.8 Å². The van der Waals surface area contributed by atoms with Crippen LogP contribution in [0.2, 0.25) is 0 Å². The van der Waals surface area contributed by atoms with Gasteiger partial charge < -0.3 is 14.8 Å². The monoisotopic (exact) mass is 367 g/mol. The Kier molecular flexibility index (Phi) is 6.21. The van der Waals surface area contributed by atoms with Crippen molar-refractivity contribution in [3.05, 3.63) is 59.4 Å². The number of benzene rings is 2. The number of alkyl halides is 2. The summed E-state index contributed by atoms with van der Waals surface area (Å²) in [6.45, 7) is -0.236. The van der Waals surface area contributed by atoms with Crippen molar-refractivity contribution in [1.82, 2.24) is 0 Å². The van der Waals surface area contributed by atoms with E-state index in [2.05, 4.69) is 10.1 Å². The van der Waals surface area contributed by atoms with Gasteiger partial charge >= 0.3 is 12.6 Å². The van der Waals surface area contributed by atoms with Crippen molar-refractivity contribution in [2.45, 2.75) is 26.6 Å². The fourth-order valence-corrected chi connectivity index (χ4v) is 2.03. The quantitative estimate of drug-likeness (QED) is 0.786. The van der Waals surface area contributed by atoms with E-state index in [9.17, 15) is 22.8 Å². The van der Waals surface area contributed by atoms with Gasteiger partial charge in [-0.25, -0.2) is 9.18 Å². The minimum absolute atomic E-state index is 0.197. The Balaban J connectivity index is 2.04. The number of carbonyl (C=O) groups is 2. The van der Waals surface area contributed by atoms with E-state index in [1.54, 1.807) is 6.92 Å². The van der Waals surface area contributed by atoms with Gasteiger partial charge in [-0.2, -0.15) is 8.78 Å². The first-order valence-electron chi connectivity index (χ1n) is 7.59. The molecule has 0 aliphatic carbocycles. The molecule has 0 radical (unpaired) electrons. The maximum atomic E-state index is 13.5. The Morgan fingerprint density at radius 3 is 2.46 bits per heavy atom. The minimum Gasteiger partial charge on any atom is -0.449 e. The van der Waals surface area contributed by atoms with Crippen LogP contribution < -0.4 is 10.1 Å². The molecule has 0 saturated heterocycles. The van der Waals surface area contributed by atoms with Crippen molar-refractivity contribution in [3.8, 4) is 5.75 Å². The second kappa shape index (κ2) is 8.37. The van der Waals surface area contributed by atoms with E-state index in [4.69, 9.17) is 4.74 Å². The summed E-state index contributed by atoms with van der Waals surface area (Å²) in [6.07, 6.45) is -1.24. The number of amides is 1. The number of halogens is 3. The number of para-hydroxylation sites is 1. The lowest BCUT2D eigenvalue weighted by atomic mass is 10.2. The Labute approximate surface area is 147 Å². The number of carbonyl (C=O) groups excluding carboxylic acids is 2. The number of hydrogen-bond donors (Lipinski definition) is 1. The molecule has 1 N–H and O–H groups in total. The summed E-state index contributed by atoms with van der Waals surface area (Å²) >= 11 is 0. The molecule has 1 atom stereocenters. The molecule has 8 heteroatoms. The zero-order valence-corrected chi connectivity index (χ0v) is 14.0. The molecule has 138 valence electrons. The second-order valence-electron chi connectivity index (χ2n) is 5.38. The molecule has 0 bridgehead atoms. The zero-order valence-electron chi connectivity index (χ0n) is 14.0. The summed E-state index contributed by atoms with van der Waals surface area (Å²) < 4.78 is 47.5. The standard InChI is InChI=1S/C18H16F3NO4/c1-10-7-8-12(9-14(10)19)22-16(23)11(2)25-17(24)13-5-3-4-6-15(13)26-18(20)21/h3-9,11,18H,1-2H3,(H,22,23)/t11-/m0/s1. The largest absolute Gasteiger partial charge is 0.449 e. The van der Waals surface area contributed by atoms with Crippen LogP contribution in [0.5, 0.6) is 5.75 Å². The molecule has 5 nitrogen and oxygen atoms in total. The maximum Gasteiger partial charge on any atom is 0.387 e. The van der Waals surface area contributed by atoms with Gasteiger partial charge in [0.15, 0.2) is 6.10 Å². The zero-order chi connectivity index (χ0) is 19.3. The molecule has 0 unspecified atom stereocenters. The summed E-state index contributed by atoms with van der Waals surface area (Å²) in [7, 11) is 0. The van der Waals surface area contributed by atoms with Crippen molar-refractivity contribution < 1.29 is 32.2 Å². The van der Waals surface area contributed by atoms with Crippen molar-refractivity contribution in [3.63, 3.8) is 0 Å². The molecule has 0 saturated carbocycles. The first-order valence-corrected chi connectivity index (χ1v) is 7.59. The fraction of sp³-hybridized carbons (Fsp3) is 0.222. The molecule has 0 aliphatic rings. The normalized spacial score (nSPS) is 11.8. The molecule has 0 aliphatic heterocycles. The second-order valence-corrected chi connectivity index (χ2v) is 5.38. The van der Waals surface area contributed by atoms with Crippen LogP contribution in [0, 0.1) is 12.7 Å². The predicted octanol–water partition coefficient (Wildman–Crippen LogP) is 3.92. The maximum absolute atomic E-state index is 13.5. The first-order chi connectivity index (χ1) is 12.3. The van der Waals surface area contributed by atoms with Crippen molar-refractivity contribution >= 4 is 17.6 Å². The lowest BCUT2D eigenvalue weighted by molar-refractivity contribution is -0.123. The summed E-state index contributed by atoms with van der Waals surface area (Å²) in [5, 5.41) is 2.41. The highest BCUT2D eigenvalue weighted by molar-refractivity contribution is 5.98. The van der Waals surface area contributed by atoms with Gasteiger partial charge in [-0.3, -0.25) is 4.79 Å². The Morgan fingerprint density at radius 2 is 1.81 bits per heavy atom. The van der Waals surface area contributed by atoms with E-state index in [0.717, 1.165) is 6.07 Å². The number of anilines is 1. The number of aryl methyl sites for hydroxylation is 1. The van der Waals surface area contributed by atoms with Gasteiger partial charge in [0.05, 0.1) is 0 Å². The molecule has 0 heterocycles. The molecule has 0 aromatic heterocycles. The minimum atomic E-state index is -3.11. The number of esters is 1. The summed E-state index contributed by atoms with van der Waals surface area (Å²) in [4.78, 5) is 24.2. The van der Waals surface area contributed by atoms with Gasteiger partial charge in [-0.1, -0.05) is 18.2 Å². The third kappa shape index (κ3) is 4.98. The van der Waals surface area contributed by atoms with E-state index in [1.165, 1.54) is 43.3 Å². The lowest BCUT2D eigenvalue weighted by Gasteiger charge is -2.15. The lowest BCUT2D eigenvalue weighted by Crippen LogP contribution is -2.30. The number of ether oxygens (including phenoxy) is 2. The third-order valence-electron chi connectivity index (χ3n) is 3.42. The van der Waals surface area contributed by atoms with E-state index in [-0.39, 0.29) is 17.0 Å². The SMILES string of the molecule is Cc1ccc(NC(=O)[C@H](C)OC(=O)c2ccccc2OC(F)F)cc1F. The Hall–Kier alpha value is -3.03. The number of rotatable bonds is 6. The smallest absolute Gasteiger partial charge is 0.387 e. The Bertz CT molecular complexity index is 811. The first kappa shape index (κ1) is 19.3. The van der Waals surface area contributed by atoms with Crippen LogP contribution in [0.15, 0.2) is 42.5 Å². The molecule has 1 amide bonds. The molecule has 0 spiro atoms. The summed E-state index contributed by atoms with van der Waals surface area (Å²) in [5.74, 6) is -2.56. The number of nitrogens with one attached hydrogen (secondary N) is 1. The predicted molar refractivity (Wildman–Crippen MR) is 87.7 cm³/mol.